The molecule has 1 aliphatic carbocycles. The Kier molecular flexibility index (Phi) is 5.63. The highest BCUT2D eigenvalue weighted by atomic mass is 19.1. The number of hydrogen-bond acceptors (Lipinski definition) is 3. The molecular weight excluding hydrogens is 397 g/mol. The molecule has 1 atom stereocenters. The van der Waals surface area contributed by atoms with E-state index in [1.807, 2.05) is 37.3 Å². The van der Waals surface area contributed by atoms with Gasteiger partial charge in [-0.3, -0.25) is 4.79 Å². The summed E-state index contributed by atoms with van der Waals surface area (Å²) in [5.74, 6) is -2.04. The number of ether oxygens (including phenoxy) is 1. The van der Waals surface area contributed by atoms with Crippen molar-refractivity contribution in [2.45, 2.75) is 44.2 Å². The molecule has 1 saturated carbocycles. The van der Waals surface area contributed by atoms with Gasteiger partial charge in [-0.15, -0.1) is 0 Å². The molecule has 2 N–H and O–H groups in total. The van der Waals surface area contributed by atoms with Gasteiger partial charge in [0.25, 0.3) is 5.91 Å². The van der Waals surface area contributed by atoms with Crippen LogP contribution in [0.2, 0.25) is 0 Å². The minimum atomic E-state index is -1.33. The van der Waals surface area contributed by atoms with E-state index in [2.05, 4.69) is 5.32 Å². The second-order valence-electron chi connectivity index (χ2n) is 8.00. The van der Waals surface area contributed by atoms with E-state index < -0.39 is 29.3 Å². The van der Waals surface area contributed by atoms with Gasteiger partial charge in [0.2, 0.25) is 0 Å². The molecule has 0 saturated heterocycles. The van der Waals surface area contributed by atoms with Gasteiger partial charge in [-0.05, 0) is 31.4 Å². The molecule has 5 nitrogen and oxygen atoms in total. The van der Waals surface area contributed by atoms with Gasteiger partial charge < -0.3 is 15.2 Å². The zero-order valence-electron chi connectivity index (χ0n) is 17.2. The highest BCUT2D eigenvalue weighted by Crippen LogP contribution is 2.36. The van der Waals surface area contributed by atoms with Gasteiger partial charge in [0.1, 0.15) is 23.2 Å². The Bertz CT molecular complexity index is 1120. The van der Waals surface area contributed by atoms with Crippen molar-refractivity contribution in [2.75, 3.05) is 0 Å². The largest absolute Gasteiger partial charge is 0.485 e. The molecule has 3 aromatic carbocycles. The molecule has 4 rings (SSSR count). The lowest BCUT2D eigenvalue weighted by Crippen LogP contribution is -2.52. The molecule has 160 valence electrons. The maximum absolute atomic E-state index is 14.9. The molecular formula is C25H24FNO4. The van der Waals surface area contributed by atoms with Crippen molar-refractivity contribution >= 4 is 22.6 Å². The van der Waals surface area contributed by atoms with E-state index in [1.54, 1.807) is 24.3 Å². The number of amides is 1. The minimum Gasteiger partial charge on any atom is -0.485 e. The Hall–Kier alpha value is -3.41. The third kappa shape index (κ3) is 3.98. The highest BCUT2D eigenvalue weighted by Gasteiger charge is 2.43. The van der Waals surface area contributed by atoms with Gasteiger partial charge in [-0.25, -0.2) is 9.18 Å². The zero-order chi connectivity index (χ0) is 22.0. The summed E-state index contributed by atoms with van der Waals surface area (Å²) < 4.78 is 21.1. The van der Waals surface area contributed by atoms with Crippen molar-refractivity contribution < 1.29 is 23.8 Å². The first-order valence-electron chi connectivity index (χ1n) is 10.4. The van der Waals surface area contributed by atoms with E-state index in [0.717, 1.165) is 11.6 Å². The normalized spacial score (nSPS) is 16.1. The number of carbonyl (C=O) groups is 2. The quantitative estimate of drug-likeness (QED) is 0.570. The lowest BCUT2D eigenvalue weighted by molar-refractivity contribution is -0.144. The van der Waals surface area contributed by atoms with E-state index in [9.17, 15) is 19.1 Å². The van der Waals surface area contributed by atoms with Crippen LogP contribution in [0.15, 0.2) is 60.7 Å². The van der Waals surface area contributed by atoms with Crippen LogP contribution in [0.3, 0.4) is 0 Å². The highest BCUT2D eigenvalue weighted by molar-refractivity contribution is 6.05. The van der Waals surface area contributed by atoms with E-state index >= 15 is 0 Å². The number of carbonyl (C=O) groups excluding carboxylic acids is 1. The van der Waals surface area contributed by atoms with Crippen molar-refractivity contribution in [3.05, 3.63) is 77.6 Å². The molecule has 0 radical (unpaired) electrons. The van der Waals surface area contributed by atoms with Crippen molar-refractivity contribution in [2.24, 2.45) is 0 Å². The zero-order valence-corrected chi connectivity index (χ0v) is 17.2. The molecule has 31 heavy (non-hydrogen) atoms. The van der Waals surface area contributed by atoms with E-state index in [0.29, 0.717) is 36.5 Å². The number of carboxylic acids is 1. The number of nitrogens with one attached hydrogen (secondary N) is 1. The summed E-state index contributed by atoms with van der Waals surface area (Å²) in [4.78, 5) is 25.1. The second-order valence-corrected chi connectivity index (χ2v) is 8.00. The fourth-order valence-corrected chi connectivity index (χ4v) is 4.22. The van der Waals surface area contributed by atoms with Crippen LogP contribution < -0.4 is 10.1 Å². The third-order valence-electron chi connectivity index (χ3n) is 5.97. The summed E-state index contributed by atoms with van der Waals surface area (Å²) in [5, 5.41) is 13.2. The Balaban J connectivity index is 1.78. The average Bonchev–Trinajstić information content (AvgIpc) is 3.26. The maximum Gasteiger partial charge on any atom is 0.329 e. The Labute approximate surface area is 179 Å². The Morgan fingerprint density at radius 1 is 1.03 bits per heavy atom. The smallest absolute Gasteiger partial charge is 0.329 e. The number of hydrogen-bond donors (Lipinski definition) is 2. The molecule has 0 spiro atoms. The fraction of sp³-hybridized carbons (Fsp3) is 0.280. The van der Waals surface area contributed by atoms with Crippen LogP contribution in [0.5, 0.6) is 5.75 Å². The predicted molar refractivity (Wildman–Crippen MR) is 116 cm³/mol. The average molecular weight is 421 g/mol. The van der Waals surface area contributed by atoms with Crippen LogP contribution in [0.4, 0.5) is 4.39 Å². The van der Waals surface area contributed by atoms with Crippen molar-refractivity contribution in [3.8, 4) is 5.75 Å². The van der Waals surface area contributed by atoms with E-state index in [4.69, 9.17) is 4.74 Å². The molecule has 0 heterocycles. The van der Waals surface area contributed by atoms with Gasteiger partial charge >= 0.3 is 5.97 Å². The molecule has 0 bridgehead atoms. The minimum absolute atomic E-state index is 0.00786. The molecule has 3 aromatic rings. The maximum atomic E-state index is 14.9. The topological polar surface area (TPSA) is 75.6 Å². The number of carboxylic acid groups (broad SMARTS) is 1. The number of halogens is 1. The SMILES string of the molecule is CC(Oc1c(C(=O)NC2(C(=O)O)CCCC2)cc(F)c2ccccc12)c1ccccc1. The summed E-state index contributed by atoms with van der Waals surface area (Å²) in [6.07, 6.45) is 1.73. The summed E-state index contributed by atoms with van der Waals surface area (Å²) in [6.45, 7) is 1.85. The number of aliphatic carboxylic acids is 1. The first-order chi connectivity index (χ1) is 14.9. The number of benzene rings is 3. The molecule has 0 aromatic heterocycles. The van der Waals surface area contributed by atoms with Crippen molar-refractivity contribution in [1.82, 2.24) is 5.32 Å². The molecule has 0 aliphatic heterocycles. The Morgan fingerprint density at radius 3 is 2.29 bits per heavy atom. The van der Waals surface area contributed by atoms with Crippen LogP contribution in [-0.2, 0) is 4.79 Å². The van der Waals surface area contributed by atoms with Crippen LogP contribution in [0, 0.1) is 5.82 Å². The lowest BCUT2D eigenvalue weighted by Gasteiger charge is -2.26. The van der Waals surface area contributed by atoms with Crippen LogP contribution in [-0.4, -0.2) is 22.5 Å². The summed E-state index contributed by atoms with van der Waals surface area (Å²) in [5.41, 5.74) is -0.437. The monoisotopic (exact) mass is 421 g/mol. The first kappa shape index (κ1) is 20.8. The van der Waals surface area contributed by atoms with Gasteiger partial charge in [0.05, 0.1) is 5.56 Å². The molecule has 6 heteroatoms. The van der Waals surface area contributed by atoms with Gasteiger partial charge in [0, 0.05) is 10.8 Å². The summed E-state index contributed by atoms with van der Waals surface area (Å²) >= 11 is 0. The van der Waals surface area contributed by atoms with Crippen LogP contribution >= 0.6 is 0 Å². The molecule has 1 fully saturated rings. The summed E-state index contributed by atoms with van der Waals surface area (Å²) in [6, 6.07) is 17.4. The van der Waals surface area contributed by atoms with Crippen molar-refractivity contribution in [3.63, 3.8) is 0 Å². The summed E-state index contributed by atoms with van der Waals surface area (Å²) in [7, 11) is 0. The molecule has 1 amide bonds. The number of fused-ring (bicyclic) bond motifs is 1. The van der Waals surface area contributed by atoms with Gasteiger partial charge in [0.15, 0.2) is 0 Å². The molecule has 1 aliphatic rings. The van der Waals surface area contributed by atoms with Crippen molar-refractivity contribution in [1.29, 1.82) is 0 Å². The van der Waals surface area contributed by atoms with E-state index in [-0.39, 0.29) is 11.3 Å². The fourth-order valence-electron chi connectivity index (χ4n) is 4.22. The Morgan fingerprint density at radius 2 is 1.65 bits per heavy atom. The lowest BCUT2D eigenvalue weighted by atomic mass is 9.96. The van der Waals surface area contributed by atoms with Crippen LogP contribution in [0.25, 0.3) is 10.8 Å². The number of rotatable bonds is 6. The van der Waals surface area contributed by atoms with E-state index in [1.165, 1.54) is 0 Å². The predicted octanol–water partition coefficient (Wildman–Crippen LogP) is 5.25. The third-order valence-corrected chi connectivity index (χ3v) is 5.97. The van der Waals surface area contributed by atoms with Gasteiger partial charge in [-0.1, -0.05) is 67.4 Å². The van der Waals surface area contributed by atoms with Gasteiger partial charge in [-0.2, -0.15) is 0 Å². The standard InChI is InChI=1S/C25H24FNO4/c1-16(17-9-3-2-4-10-17)31-22-19-12-6-5-11-18(19)21(26)15-20(22)23(28)27-25(24(29)30)13-7-8-14-25/h2-6,9-12,15-16H,7-8,13-14H2,1H3,(H,27,28)(H,29,30). The first-order valence-corrected chi connectivity index (χ1v) is 10.4. The second kappa shape index (κ2) is 8.38. The van der Waals surface area contributed by atoms with Crippen LogP contribution in [0.1, 0.15) is 54.6 Å². The molecule has 1 unspecified atom stereocenters.